The highest BCUT2D eigenvalue weighted by Gasteiger charge is 2.15. The lowest BCUT2D eigenvalue weighted by molar-refractivity contribution is 0.0933. The van der Waals surface area contributed by atoms with Gasteiger partial charge in [-0.05, 0) is 49.2 Å². The molecule has 0 saturated heterocycles. The number of hydrogen-bond donors (Lipinski definition) is 1. The van der Waals surface area contributed by atoms with Crippen LogP contribution in [0.3, 0.4) is 0 Å². The van der Waals surface area contributed by atoms with Gasteiger partial charge in [-0.2, -0.15) is 0 Å². The third kappa shape index (κ3) is 5.80. The minimum absolute atomic E-state index is 0.0101. The Balaban J connectivity index is 1.41. The van der Waals surface area contributed by atoms with Gasteiger partial charge in [0.25, 0.3) is 5.91 Å². The van der Waals surface area contributed by atoms with E-state index in [1.54, 1.807) is 0 Å². The summed E-state index contributed by atoms with van der Waals surface area (Å²) in [4.78, 5) is 12.4. The molecule has 1 aliphatic carbocycles. The van der Waals surface area contributed by atoms with E-state index in [0.717, 1.165) is 24.3 Å². The van der Waals surface area contributed by atoms with E-state index in [9.17, 15) is 4.79 Å². The van der Waals surface area contributed by atoms with Crippen molar-refractivity contribution in [1.29, 1.82) is 0 Å². The van der Waals surface area contributed by atoms with E-state index in [4.69, 9.17) is 9.47 Å². The Morgan fingerprint density at radius 2 is 1.38 bits per heavy atom. The van der Waals surface area contributed by atoms with Crippen LogP contribution in [0.15, 0.2) is 54.6 Å². The van der Waals surface area contributed by atoms with Gasteiger partial charge in [-0.1, -0.05) is 43.9 Å². The van der Waals surface area contributed by atoms with Crippen LogP contribution in [0.5, 0.6) is 11.5 Å². The number of para-hydroxylation sites is 1. The summed E-state index contributed by atoms with van der Waals surface area (Å²) in [5.74, 6) is 1.59. The predicted octanol–water partition coefficient (Wildman–Crippen LogP) is 4.60. The second-order valence-corrected chi connectivity index (χ2v) is 6.70. The molecule has 4 nitrogen and oxygen atoms in total. The van der Waals surface area contributed by atoms with Crippen molar-refractivity contribution in [3.8, 4) is 11.5 Å². The molecule has 1 amide bonds. The Morgan fingerprint density at radius 3 is 2.00 bits per heavy atom. The van der Waals surface area contributed by atoms with Crippen molar-refractivity contribution in [3.05, 3.63) is 60.2 Å². The molecule has 0 unspecified atom stereocenters. The maximum absolute atomic E-state index is 12.4. The van der Waals surface area contributed by atoms with Gasteiger partial charge in [-0.25, -0.2) is 0 Å². The first-order valence-electron chi connectivity index (χ1n) is 9.53. The molecule has 4 heteroatoms. The third-order valence-electron chi connectivity index (χ3n) is 4.67. The van der Waals surface area contributed by atoms with E-state index >= 15 is 0 Å². The average molecular weight is 353 g/mol. The third-order valence-corrected chi connectivity index (χ3v) is 4.67. The predicted molar refractivity (Wildman–Crippen MR) is 103 cm³/mol. The number of benzene rings is 2. The number of nitrogens with one attached hydrogen (secondary N) is 1. The highest BCUT2D eigenvalue weighted by molar-refractivity contribution is 5.94. The quantitative estimate of drug-likeness (QED) is 0.585. The topological polar surface area (TPSA) is 47.6 Å². The van der Waals surface area contributed by atoms with Gasteiger partial charge in [0.05, 0.1) is 0 Å². The maximum atomic E-state index is 12.4. The molecule has 3 rings (SSSR count). The first-order valence-corrected chi connectivity index (χ1v) is 9.53. The smallest absolute Gasteiger partial charge is 0.251 e. The fourth-order valence-electron chi connectivity index (χ4n) is 3.23. The summed E-state index contributed by atoms with van der Waals surface area (Å²) in [5.41, 5.74) is 0.683. The Kier molecular flexibility index (Phi) is 6.94. The highest BCUT2D eigenvalue weighted by Crippen LogP contribution is 2.18. The number of ether oxygens (including phenoxy) is 2. The molecule has 0 radical (unpaired) electrons. The highest BCUT2D eigenvalue weighted by atomic mass is 16.5. The SMILES string of the molecule is O=C(NC1CCCCCC1)c1ccc(OCCOc2ccccc2)cc1. The zero-order valence-corrected chi connectivity index (χ0v) is 15.2. The zero-order chi connectivity index (χ0) is 18.0. The molecule has 2 aromatic rings. The minimum atomic E-state index is 0.0101. The molecule has 0 aliphatic heterocycles. The van der Waals surface area contributed by atoms with Gasteiger partial charge in [-0.15, -0.1) is 0 Å². The van der Waals surface area contributed by atoms with E-state index < -0.39 is 0 Å². The Hall–Kier alpha value is -2.49. The fourth-order valence-corrected chi connectivity index (χ4v) is 3.23. The van der Waals surface area contributed by atoms with Crippen LogP contribution in [0.25, 0.3) is 0 Å². The Labute approximate surface area is 155 Å². The first-order chi connectivity index (χ1) is 12.8. The molecule has 1 aliphatic rings. The summed E-state index contributed by atoms with van der Waals surface area (Å²) in [7, 11) is 0. The van der Waals surface area contributed by atoms with Gasteiger partial charge in [0, 0.05) is 11.6 Å². The van der Waals surface area contributed by atoms with E-state index in [1.807, 2.05) is 54.6 Å². The molecular weight excluding hydrogens is 326 g/mol. The second-order valence-electron chi connectivity index (χ2n) is 6.70. The van der Waals surface area contributed by atoms with Gasteiger partial charge in [0.15, 0.2) is 0 Å². The lowest BCUT2D eigenvalue weighted by Gasteiger charge is -2.16. The second kappa shape index (κ2) is 9.85. The molecule has 0 spiro atoms. The molecule has 26 heavy (non-hydrogen) atoms. The lowest BCUT2D eigenvalue weighted by atomic mass is 10.1. The molecule has 0 atom stereocenters. The molecule has 0 heterocycles. The standard InChI is InChI=1S/C22H27NO3/c24-22(23-19-8-4-1-2-5-9-19)18-12-14-21(15-13-18)26-17-16-25-20-10-6-3-7-11-20/h3,6-7,10-15,19H,1-2,4-5,8-9,16-17H2,(H,23,24). The van der Waals surface area contributed by atoms with Crippen LogP contribution < -0.4 is 14.8 Å². The monoisotopic (exact) mass is 353 g/mol. The van der Waals surface area contributed by atoms with Gasteiger partial charge < -0.3 is 14.8 Å². The van der Waals surface area contributed by atoms with Crippen LogP contribution in [0.4, 0.5) is 0 Å². The summed E-state index contributed by atoms with van der Waals surface area (Å²) in [6, 6.07) is 17.3. The number of amides is 1. The van der Waals surface area contributed by atoms with Crippen LogP contribution in [0.2, 0.25) is 0 Å². The van der Waals surface area contributed by atoms with Crippen molar-refractivity contribution < 1.29 is 14.3 Å². The molecular formula is C22H27NO3. The van der Waals surface area contributed by atoms with Gasteiger partial charge in [0.1, 0.15) is 24.7 Å². The van der Waals surface area contributed by atoms with Crippen LogP contribution in [0, 0.1) is 0 Å². The Morgan fingerprint density at radius 1 is 0.808 bits per heavy atom. The molecule has 0 bridgehead atoms. The van der Waals surface area contributed by atoms with Crippen LogP contribution >= 0.6 is 0 Å². The first kappa shape index (κ1) is 18.3. The lowest BCUT2D eigenvalue weighted by Crippen LogP contribution is -2.34. The van der Waals surface area contributed by atoms with Crippen LogP contribution in [0.1, 0.15) is 48.9 Å². The summed E-state index contributed by atoms with van der Waals surface area (Å²) < 4.78 is 11.3. The van der Waals surface area contributed by atoms with Gasteiger partial charge >= 0.3 is 0 Å². The van der Waals surface area contributed by atoms with Crippen molar-refractivity contribution in [2.75, 3.05) is 13.2 Å². The van der Waals surface area contributed by atoms with Crippen molar-refractivity contribution in [2.45, 2.75) is 44.6 Å². The molecule has 2 aromatic carbocycles. The fraction of sp³-hybridized carbons (Fsp3) is 0.409. The van der Waals surface area contributed by atoms with Crippen molar-refractivity contribution in [2.24, 2.45) is 0 Å². The molecule has 1 fully saturated rings. The zero-order valence-electron chi connectivity index (χ0n) is 15.2. The summed E-state index contributed by atoms with van der Waals surface area (Å²) in [6.45, 7) is 0.941. The summed E-state index contributed by atoms with van der Waals surface area (Å²) in [5, 5.41) is 3.17. The molecule has 0 aromatic heterocycles. The number of carbonyl (C=O) groups is 1. The van der Waals surface area contributed by atoms with E-state index in [2.05, 4.69) is 5.32 Å². The number of rotatable bonds is 7. The average Bonchev–Trinajstić information content (AvgIpc) is 2.95. The van der Waals surface area contributed by atoms with Crippen molar-refractivity contribution >= 4 is 5.91 Å². The van der Waals surface area contributed by atoms with Crippen molar-refractivity contribution in [1.82, 2.24) is 5.32 Å². The van der Waals surface area contributed by atoms with E-state index in [1.165, 1.54) is 25.7 Å². The molecule has 1 saturated carbocycles. The van der Waals surface area contributed by atoms with Crippen molar-refractivity contribution in [3.63, 3.8) is 0 Å². The molecule has 138 valence electrons. The summed E-state index contributed by atoms with van der Waals surface area (Å²) >= 11 is 0. The Bertz CT molecular complexity index is 662. The maximum Gasteiger partial charge on any atom is 0.251 e. The van der Waals surface area contributed by atoms with Gasteiger partial charge in [-0.3, -0.25) is 4.79 Å². The largest absolute Gasteiger partial charge is 0.490 e. The van der Waals surface area contributed by atoms with E-state index in [-0.39, 0.29) is 5.91 Å². The number of hydrogen-bond acceptors (Lipinski definition) is 3. The minimum Gasteiger partial charge on any atom is -0.490 e. The summed E-state index contributed by atoms with van der Waals surface area (Å²) in [6.07, 6.45) is 7.17. The van der Waals surface area contributed by atoms with E-state index in [0.29, 0.717) is 24.8 Å². The molecule has 1 N–H and O–H groups in total. The van der Waals surface area contributed by atoms with Gasteiger partial charge in [0.2, 0.25) is 0 Å². The van der Waals surface area contributed by atoms with Crippen LogP contribution in [-0.4, -0.2) is 25.2 Å². The van der Waals surface area contributed by atoms with Crippen LogP contribution in [-0.2, 0) is 0 Å². The number of carbonyl (C=O) groups excluding carboxylic acids is 1. The normalized spacial score (nSPS) is 15.1.